The van der Waals surface area contributed by atoms with Crippen LogP contribution in [-0.2, 0) is 16.6 Å². The minimum absolute atomic E-state index is 0.166. The standard InChI is InChI=1S/C15H25NO2S/c1-6-16-12(4)13-7-8-15(18-5)14(9-13)10-19(17)11(2)3/h7-9,11-12,16H,6,10H2,1-5H3. The zero-order valence-corrected chi connectivity index (χ0v) is 13.3. The number of rotatable bonds is 7. The molecule has 0 amide bonds. The van der Waals surface area contributed by atoms with Crippen LogP contribution in [-0.4, -0.2) is 23.1 Å². The smallest absolute Gasteiger partial charge is 0.123 e. The van der Waals surface area contributed by atoms with Crippen molar-refractivity contribution in [2.45, 2.75) is 44.7 Å². The molecule has 0 heterocycles. The van der Waals surface area contributed by atoms with Crippen LogP contribution >= 0.6 is 0 Å². The summed E-state index contributed by atoms with van der Waals surface area (Å²) in [5.41, 5.74) is 2.23. The molecule has 0 aliphatic carbocycles. The summed E-state index contributed by atoms with van der Waals surface area (Å²) in [7, 11) is 0.797. The average Bonchev–Trinajstić information content (AvgIpc) is 2.38. The first-order valence-corrected chi connectivity index (χ1v) is 8.15. The molecule has 4 heteroatoms. The van der Waals surface area contributed by atoms with Gasteiger partial charge in [-0.05, 0) is 31.2 Å². The molecule has 0 fully saturated rings. The molecule has 0 aliphatic rings. The van der Waals surface area contributed by atoms with Crippen LogP contribution in [0.3, 0.4) is 0 Å². The summed E-state index contributed by atoms with van der Waals surface area (Å²) in [5, 5.41) is 3.55. The number of hydrogen-bond acceptors (Lipinski definition) is 3. The molecule has 108 valence electrons. The number of hydrogen-bond donors (Lipinski definition) is 1. The highest BCUT2D eigenvalue weighted by molar-refractivity contribution is 7.84. The maximum absolute atomic E-state index is 12.0. The topological polar surface area (TPSA) is 38.3 Å². The van der Waals surface area contributed by atoms with E-state index in [4.69, 9.17) is 4.74 Å². The molecule has 3 nitrogen and oxygen atoms in total. The predicted molar refractivity (Wildman–Crippen MR) is 82.1 cm³/mol. The van der Waals surface area contributed by atoms with Crippen molar-refractivity contribution in [2.75, 3.05) is 13.7 Å². The lowest BCUT2D eigenvalue weighted by Crippen LogP contribution is -2.18. The van der Waals surface area contributed by atoms with Crippen molar-refractivity contribution in [2.24, 2.45) is 0 Å². The van der Waals surface area contributed by atoms with E-state index in [1.165, 1.54) is 5.56 Å². The molecule has 2 unspecified atom stereocenters. The number of ether oxygens (including phenoxy) is 1. The van der Waals surface area contributed by atoms with E-state index in [1.54, 1.807) is 7.11 Å². The van der Waals surface area contributed by atoms with E-state index < -0.39 is 10.8 Å². The molecule has 0 saturated heterocycles. The molecular weight excluding hydrogens is 258 g/mol. The maximum atomic E-state index is 12.0. The Hall–Kier alpha value is -0.870. The molecule has 19 heavy (non-hydrogen) atoms. The second kappa shape index (κ2) is 7.65. The SMILES string of the molecule is CCNC(C)c1ccc(OC)c(CS(=O)C(C)C)c1. The average molecular weight is 283 g/mol. The lowest BCUT2D eigenvalue weighted by atomic mass is 10.0. The first-order chi connectivity index (χ1) is 8.99. The van der Waals surface area contributed by atoms with Crippen LogP contribution in [0.1, 0.15) is 44.9 Å². The minimum Gasteiger partial charge on any atom is -0.496 e. The number of nitrogens with one attached hydrogen (secondary N) is 1. The normalized spacial score (nSPS) is 14.4. The Morgan fingerprint density at radius 3 is 2.53 bits per heavy atom. The fraction of sp³-hybridized carbons (Fsp3) is 0.600. The van der Waals surface area contributed by atoms with Gasteiger partial charge < -0.3 is 10.1 Å². The van der Waals surface area contributed by atoms with Crippen molar-refractivity contribution in [1.82, 2.24) is 5.32 Å². The van der Waals surface area contributed by atoms with Crippen LogP contribution in [0.4, 0.5) is 0 Å². The van der Waals surface area contributed by atoms with Crippen LogP contribution in [0.5, 0.6) is 5.75 Å². The van der Waals surface area contributed by atoms with Gasteiger partial charge in [0.25, 0.3) is 0 Å². The summed E-state index contributed by atoms with van der Waals surface area (Å²) in [6.07, 6.45) is 0. The van der Waals surface area contributed by atoms with Gasteiger partial charge in [0.1, 0.15) is 5.75 Å². The van der Waals surface area contributed by atoms with Gasteiger partial charge in [0.05, 0.1) is 12.9 Å². The highest BCUT2D eigenvalue weighted by Gasteiger charge is 2.13. The molecule has 2 atom stereocenters. The summed E-state index contributed by atoms with van der Waals surface area (Å²) >= 11 is 0. The third-order valence-electron chi connectivity index (χ3n) is 3.14. The van der Waals surface area contributed by atoms with Gasteiger partial charge in [0, 0.05) is 27.7 Å². The van der Waals surface area contributed by atoms with Gasteiger partial charge in [0.15, 0.2) is 0 Å². The Balaban J connectivity index is 2.99. The van der Waals surface area contributed by atoms with E-state index in [0.29, 0.717) is 11.8 Å². The summed E-state index contributed by atoms with van der Waals surface area (Å²) in [6.45, 7) is 9.12. The largest absolute Gasteiger partial charge is 0.496 e. The summed E-state index contributed by atoms with van der Waals surface area (Å²) in [6, 6.07) is 6.43. The first-order valence-electron chi connectivity index (χ1n) is 6.77. The van der Waals surface area contributed by atoms with Gasteiger partial charge >= 0.3 is 0 Å². The van der Waals surface area contributed by atoms with Crippen molar-refractivity contribution in [3.05, 3.63) is 29.3 Å². The molecule has 0 aromatic heterocycles. The van der Waals surface area contributed by atoms with Crippen molar-refractivity contribution >= 4 is 10.8 Å². The molecule has 1 aromatic rings. The van der Waals surface area contributed by atoms with Crippen LogP contribution in [0, 0.1) is 0 Å². The van der Waals surface area contributed by atoms with Crippen LogP contribution < -0.4 is 10.1 Å². The minimum atomic E-state index is -0.860. The van der Waals surface area contributed by atoms with Gasteiger partial charge in [-0.2, -0.15) is 0 Å². The molecule has 1 rings (SSSR count). The molecule has 1 aromatic carbocycles. The van der Waals surface area contributed by atoms with Crippen molar-refractivity contribution in [3.63, 3.8) is 0 Å². The first kappa shape index (κ1) is 16.2. The van der Waals surface area contributed by atoms with Gasteiger partial charge in [0.2, 0.25) is 0 Å². The second-order valence-corrected chi connectivity index (χ2v) is 6.92. The molecular formula is C15H25NO2S. The summed E-state index contributed by atoms with van der Waals surface area (Å²) in [4.78, 5) is 0. The fourth-order valence-corrected chi connectivity index (χ4v) is 2.79. The van der Waals surface area contributed by atoms with Crippen LogP contribution in [0.15, 0.2) is 18.2 Å². The Labute approximate surface area is 119 Å². The van der Waals surface area contributed by atoms with Crippen LogP contribution in [0.25, 0.3) is 0 Å². The van der Waals surface area contributed by atoms with Crippen molar-refractivity contribution in [3.8, 4) is 5.75 Å². The zero-order chi connectivity index (χ0) is 14.4. The van der Waals surface area contributed by atoms with Gasteiger partial charge in [-0.3, -0.25) is 4.21 Å². The second-order valence-electron chi connectivity index (χ2n) is 4.92. The van der Waals surface area contributed by atoms with E-state index in [-0.39, 0.29) is 5.25 Å². The molecule has 0 aliphatic heterocycles. The highest BCUT2D eigenvalue weighted by Crippen LogP contribution is 2.25. The maximum Gasteiger partial charge on any atom is 0.123 e. The Bertz CT molecular complexity index is 432. The molecule has 0 saturated carbocycles. The Morgan fingerprint density at radius 1 is 1.32 bits per heavy atom. The number of methoxy groups -OCH3 is 1. The third-order valence-corrected chi connectivity index (χ3v) is 4.79. The van der Waals surface area contributed by atoms with E-state index in [0.717, 1.165) is 17.9 Å². The van der Waals surface area contributed by atoms with Gasteiger partial charge in [-0.1, -0.05) is 26.8 Å². The molecule has 0 radical (unpaired) electrons. The Morgan fingerprint density at radius 2 is 2.00 bits per heavy atom. The zero-order valence-electron chi connectivity index (χ0n) is 12.5. The van der Waals surface area contributed by atoms with E-state index in [2.05, 4.69) is 31.3 Å². The quantitative estimate of drug-likeness (QED) is 0.836. The Kier molecular flexibility index (Phi) is 6.52. The van der Waals surface area contributed by atoms with Gasteiger partial charge in [-0.25, -0.2) is 0 Å². The summed E-state index contributed by atoms with van der Waals surface area (Å²) in [5.74, 6) is 1.37. The van der Waals surface area contributed by atoms with E-state index in [9.17, 15) is 4.21 Å². The number of benzene rings is 1. The van der Waals surface area contributed by atoms with Crippen LogP contribution in [0.2, 0.25) is 0 Å². The van der Waals surface area contributed by atoms with E-state index >= 15 is 0 Å². The predicted octanol–water partition coefficient (Wildman–Crippen LogP) is 3.02. The molecule has 0 spiro atoms. The van der Waals surface area contributed by atoms with Gasteiger partial charge in [-0.15, -0.1) is 0 Å². The molecule has 0 bridgehead atoms. The molecule has 1 N–H and O–H groups in total. The fourth-order valence-electron chi connectivity index (χ4n) is 1.92. The van der Waals surface area contributed by atoms with Crippen molar-refractivity contribution < 1.29 is 8.95 Å². The van der Waals surface area contributed by atoms with Crippen molar-refractivity contribution in [1.29, 1.82) is 0 Å². The third kappa shape index (κ3) is 4.62. The summed E-state index contributed by atoms with van der Waals surface area (Å²) < 4.78 is 17.4. The van der Waals surface area contributed by atoms with E-state index in [1.807, 2.05) is 19.9 Å². The highest BCUT2D eigenvalue weighted by atomic mass is 32.2. The lowest BCUT2D eigenvalue weighted by Gasteiger charge is -2.16. The monoisotopic (exact) mass is 283 g/mol. The lowest BCUT2D eigenvalue weighted by molar-refractivity contribution is 0.410.